The molecule has 6 nitrogen and oxygen atoms in total. The lowest BCUT2D eigenvalue weighted by atomic mass is 10.1. The first-order valence-electron chi connectivity index (χ1n) is 8.40. The first-order chi connectivity index (χ1) is 12.3. The number of nitrogens with zero attached hydrogens (tertiary/aromatic N) is 2. The fraction of sp³-hybridized carbons (Fsp3) is 0.316. The molecule has 0 aliphatic carbocycles. The molecule has 1 aromatic carbocycles. The summed E-state index contributed by atoms with van der Waals surface area (Å²) in [7, 11) is 0. The van der Waals surface area contributed by atoms with E-state index in [9.17, 15) is 14.0 Å². The predicted octanol–water partition coefficient (Wildman–Crippen LogP) is 3.26. The summed E-state index contributed by atoms with van der Waals surface area (Å²) in [5, 5.41) is 3.01. The summed E-state index contributed by atoms with van der Waals surface area (Å²) in [6.45, 7) is 7.42. The number of amides is 1. The third kappa shape index (κ3) is 3.00. The van der Waals surface area contributed by atoms with E-state index in [0.29, 0.717) is 18.1 Å². The number of carbonyl (C=O) groups excluding carboxylic acids is 1. The van der Waals surface area contributed by atoms with Gasteiger partial charge < -0.3 is 9.73 Å². The quantitative estimate of drug-likeness (QED) is 0.777. The van der Waals surface area contributed by atoms with Crippen molar-refractivity contribution in [3.8, 4) is 0 Å². The lowest BCUT2D eigenvalue weighted by Gasteiger charge is -2.14. The minimum absolute atomic E-state index is 0.161. The van der Waals surface area contributed by atoms with Crippen LogP contribution < -0.4 is 10.9 Å². The standard InChI is InChI=1S/C19H20FN3O3/c1-5-23-12(4)22-18-16(19(23)25)15(11(3)26-18)17(24)21-10(2)13-6-8-14(20)9-7-13/h6-10H,5H2,1-4H3,(H,21,24). The average Bonchev–Trinajstić information content (AvgIpc) is 2.91. The van der Waals surface area contributed by atoms with Crippen molar-refractivity contribution in [2.45, 2.75) is 40.3 Å². The Balaban J connectivity index is 2.01. The van der Waals surface area contributed by atoms with E-state index < -0.39 is 5.91 Å². The van der Waals surface area contributed by atoms with Gasteiger partial charge in [0.1, 0.15) is 22.8 Å². The number of fused-ring (bicyclic) bond motifs is 1. The maximum Gasteiger partial charge on any atom is 0.265 e. The lowest BCUT2D eigenvalue weighted by Crippen LogP contribution is -2.29. The van der Waals surface area contributed by atoms with E-state index in [1.54, 1.807) is 32.9 Å². The van der Waals surface area contributed by atoms with Gasteiger partial charge in [0, 0.05) is 6.54 Å². The van der Waals surface area contributed by atoms with Crippen LogP contribution in [0.25, 0.3) is 11.1 Å². The summed E-state index contributed by atoms with van der Waals surface area (Å²) < 4.78 is 20.1. The number of hydrogen-bond donors (Lipinski definition) is 1. The van der Waals surface area contributed by atoms with Gasteiger partial charge in [-0.1, -0.05) is 12.1 Å². The average molecular weight is 357 g/mol. The van der Waals surface area contributed by atoms with Gasteiger partial charge in [-0.3, -0.25) is 14.2 Å². The molecule has 0 spiro atoms. The molecule has 0 saturated carbocycles. The molecule has 2 heterocycles. The highest BCUT2D eigenvalue weighted by Gasteiger charge is 2.24. The van der Waals surface area contributed by atoms with Crippen LogP contribution in [0.5, 0.6) is 0 Å². The van der Waals surface area contributed by atoms with Crippen LogP contribution in [0.4, 0.5) is 4.39 Å². The Morgan fingerprint density at radius 1 is 1.31 bits per heavy atom. The van der Waals surface area contributed by atoms with Crippen molar-refractivity contribution in [1.29, 1.82) is 0 Å². The van der Waals surface area contributed by atoms with Crippen molar-refractivity contribution in [3.05, 3.63) is 63.1 Å². The van der Waals surface area contributed by atoms with Gasteiger partial charge in [-0.25, -0.2) is 4.39 Å². The first-order valence-corrected chi connectivity index (χ1v) is 8.40. The van der Waals surface area contributed by atoms with Gasteiger partial charge >= 0.3 is 0 Å². The van der Waals surface area contributed by atoms with Gasteiger partial charge in [-0.2, -0.15) is 4.98 Å². The number of nitrogens with one attached hydrogen (secondary N) is 1. The summed E-state index contributed by atoms with van der Waals surface area (Å²) in [4.78, 5) is 29.9. The van der Waals surface area contributed by atoms with Gasteiger partial charge in [0.2, 0.25) is 5.71 Å². The van der Waals surface area contributed by atoms with Gasteiger partial charge in [-0.15, -0.1) is 0 Å². The fourth-order valence-corrected chi connectivity index (χ4v) is 3.05. The highest BCUT2D eigenvalue weighted by atomic mass is 19.1. The van der Waals surface area contributed by atoms with Gasteiger partial charge in [0.15, 0.2) is 0 Å². The number of carbonyl (C=O) groups is 1. The molecule has 0 bridgehead atoms. The minimum atomic E-state index is -0.427. The highest BCUT2D eigenvalue weighted by molar-refractivity contribution is 6.06. The first kappa shape index (κ1) is 17.8. The topological polar surface area (TPSA) is 77.1 Å². The van der Waals surface area contributed by atoms with Gasteiger partial charge in [0.25, 0.3) is 11.5 Å². The maximum absolute atomic E-state index is 13.1. The Morgan fingerprint density at radius 3 is 2.58 bits per heavy atom. The van der Waals surface area contributed by atoms with E-state index in [0.717, 1.165) is 5.56 Å². The summed E-state index contributed by atoms with van der Waals surface area (Å²) in [6.07, 6.45) is 0. The molecular formula is C19H20FN3O3. The van der Waals surface area contributed by atoms with Crippen LogP contribution in [0.1, 0.15) is 47.4 Å². The molecular weight excluding hydrogens is 337 g/mol. The number of benzene rings is 1. The Kier molecular flexibility index (Phi) is 4.63. The van der Waals surface area contributed by atoms with Crippen molar-refractivity contribution < 1.29 is 13.6 Å². The number of aromatic nitrogens is 2. The van der Waals surface area contributed by atoms with E-state index in [4.69, 9.17) is 4.42 Å². The Morgan fingerprint density at radius 2 is 1.96 bits per heavy atom. The zero-order chi connectivity index (χ0) is 19.0. The van der Waals surface area contributed by atoms with E-state index in [1.165, 1.54) is 16.7 Å². The normalized spacial score (nSPS) is 12.3. The molecule has 1 atom stereocenters. The van der Waals surface area contributed by atoms with Crippen molar-refractivity contribution in [2.75, 3.05) is 0 Å². The Labute approximate surface area is 149 Å². The Bertz CT molecular complexity index is 1030. The molecule has 0 saturated heterocycles. The lowest BCUT2D eigenvalue weighted by molar-refractivity contribution is 0.0939. The van der Waals surface area contributed by atoms with Crippen LogP contribution >= 0.6 is 0 Å². The van der Waals surface area contributed by atoms with Crippen LogP contribution in [0.3, 0.4) is 0 Å². The van der Waals surface area contributed by atoms with Crippen LogP contribution in [-0.2, 0) is 6.54 Å². The molecule has 0 aliphatic heterocycles. The van der Waals surface area contributed by atoms with Crippen molar-refractivity contribution >= 4 is 17.0 Å². The Hall–Kier alpha value is -2.96. The molecule has 26 heavy (non-hydrogen) atoms. The molecule has 7 heteroatoms. The van der Waals surface area contributed by atoms with Crippen LogP contribution in [0, 0.1) is 19.7 Å². The smallest absolute Gasteiger partial charge is 0.265 e. The second-order valence-electron chi connectivity index (χ2n) is 6.17. The van der Waals surface area contributed by atoms with Crippen molar-refractivity contribution in [1.82, 2.24) is 14.9 Å². The van der Waals surface area contributed by atoms with Gasteiger partial charge in [-0.05, 0) is 45.4 Å². The third-order valence-electron chi connectivity index (χ3n) is 4.44. The summed E-state index contributed by atoms with van der Waals surface area (Å²) in [5.41, 5.74) is 0.805. The van der Waals surface area contributed by atoms with E-state index >= 15 is 0 Å². The highest BCUT2D eigenvalue weighted by Crippen LogP contribution is 2.23. The molecule has 1 N–H and O–H groups in total. The number of rotatable bonds is 4. The monoisotopic (exact) mass is 357 g/mol. The number of hydrogen-bond acceptors (Lipinski definition) is 4. The molecule has 1 amide bonds. The zero-order valence-corrected chi connectivity index (χ0v) is 15.1. The molecule has 3 aromatic rings. The zero-order valence-electron chi connectivity index (χ0n) is 15.1. The molecule has 3 rings (SSSR count). The number of furan rings is 1. The second-order valence-corrected chi connectivity index (χ2v) is 6.17. The second kappa shape index (κ2) is 6.74. The number of halogens is 1. The largest absolute Gasteiger partial charge is 0.442 e. The van der Waals surface area contributed by atoms with Gasteiger partial charge in [0.05, 0.1) is 11.6 Å². The molecule has 2 aromatic heterocycles. The predicted molar refractivity (Wildman–Crippen MR) is 95.7 cm³/mol. The minimum Gasteiger partial charge on any atom is -0.442 e. The maximum atomic E-state index is 13.1. The van der Waals surface area contributed by atoms with E-state index in [2.05, 4.69) is 10.3 Å². The summed E-state index contributed by atoms with van der Waals surface area (Å²) >= 11 is 0. The van der Waals surface area contributed by atoms with E-state index in [-0.39, 0.29) is 34.1 Å². The molecule has 0 radical (unpaired) electrons. The van der Waals surface area contributed by atoms with Crippen LogP contribution in [-0.4, -0.2) is 15.5 Å². The van der Waals surface area contributed by atoms with Crippen molar-refractivity contribution in [3.63, 3.8) is 0 Å². The van der Waals surface area contributed by atoms with Crippen molar-refractivity contribution in [2.24, 2.45) is 0 Å². The molecule has 0 fully saturated rings. The molecule has 1 unspecified atom stereocenters. The molecule has 0 aliphatic rings. The molecule has 136 valence electrons. The van der Waals surface area contributed by atoms with Crippen LogP contribution in [0.2, 0.25) is 0 Å². The van der Waals surface area contributed by atoms with Crippen LogP contribution in [0.15, 0.2) is 33.5 Å². The SMILES string of the molecule is CCn1c(C)nc2oc(C)c(C(=O)NC(C)c3ccc(F)cc3)c2c1=O. The summed E-state index contributed by atoms with van der Waals surface area (Å²) in [5.74, 6) is 0.0982. The number of aryl methyl sites for hydroxylation is 2. The third-order valence-corrected chi connectivity index (χ3v) is 4.44. The summed E-state index contributed by atoms with van der Waals surface area (Å²) in [6, 6.07) is 5.52. The van der Waals surface area contributed by atoms with E-state index in [1.807, 2.05) is 6.92 Å². The fourth-order valence-electron chi connectivity index (χ4n) is 3.05.